The van der Waals surface area contributed by atoms with Crippen molar-refractivity contribution in [2.75, 3.05) is 0 Å². The van der Waals surface area contributed by atoms with E-state index in [2.05, 4.69) is 26.0 Å². The summed E-state index contributed by atoms with van der Waals surface area (Å²) in [7, 11) is 0. The second-order valence-corrected chi connectivity index (χ2v) is 2.62. The van der Waals surface area contributed by atoms with Gasteiger partial charge in [0.25, 0.3) is 0 Å². The highest BCUT2D eigenvalue weighted by Crippen LogP contribution is 2.05. The third kappa shape index (κ3) is 5.61. The molecule has 0 heterocycles. The molecule has 56 valence electrons. The van der Waals surface area contributed by atoms with Gasteiger partial charge in [-0.05, 0) is 40.5 Å². The molecule has 0 atom stereocenters. The van der Waals surface area contributed by atoms with E-state index in [-0.39, 0.29) is 0 Å². The van der Waals surface area contributed by atoms with Crippen LogP contribution in [0.4, 0.5) is 0 Å². The van der Waals surface area contributed by atoms with Crippen LogP contribution >= 0.6 is 0 Å². The number of hydrogen-bond acceptors (Lipinski definition) is 0. The average Bonchev–Trinajstić information content (AvgIpc) is 1.87. The molecule has 0 bridgehead atoms. The first-order valence-corrected chi connectivity index (χ1v) is 3.71. The van der Waals surface area contributed by atoms with Crippen molar-refractivity contribution in [2.45, 2.75) is 33.6 Å². The Morgan fingerprint density at radius 2 is 2.00 bits per heavy atom. The smallest absolute Gasteiger partial charge is 0.00630 e. The van der Waals surface area contributed by atoms with Crippen LogP contribution in [-0.4, -0.2) is 0 Å². The summed E-state index contributed by atoms with van der Waals surface area (Å²) in [5.41, 5.74) is 2.35. The summed E-state index contributed by atoms with van der Waals surface area (Å²) in [6, 6.07) is 0. The molecule has 0 aliphatic rings. The van der Waals surface area contributed by atoms with E-state index >= 15 is 0 Å². The molecule has 0 aromatic carbocycles. The van der Waals surface area contributed by atoms with Crippen LogP contribution in [0.3, 0.4) is 0 Å². The fourth-order valence-corrected chi connectivity index (χ4v) is 0.672. The lowest BCUT2D eigenvalue weighted by atomic mass is 10.1. The van der Waals surface area contributed by atoms with Crippen LogP contribution in [0.25, 0.3) is 0 Å². The molecule has 0 aromatic rings. The van der Waals surface area contributed by atoms with E-state index in [1.54, 1.807) is 0 Å². The van der Waals surface area contributed by atoms with Gasteiger partial charge in [-0.15, -0.1) is 0 Å². The number of allylic oxidation sites excluding steroid dienone is 4. The Morgan fingerprint density at radius 1 is 1.40 bits per heavy atom. The molecule has 0 fully saturated rings. The Hall–Kier alpha value is -0.520. The zero-order valence-corrected chi connectivity index (χ0v) is 7.15. The third-order valence-corrected chi connectivity index (χ3v) is 1.50. The minimum absolute atomic E-state index is 0.920. The molecule has 0 aliphatic carbocycles. The van der Waals surface area contributed by atoms with Gasteiger partial charge in [0.2, 0.25) is 0 Å². The number of rotatable bonds is 3. The summed E-state index contributed by atoms with van der Waals surface area (Å²) in [5.74, 6) is 0. The highest BCUT2D eigenvalue weighted by molar-refractivity contribution is 5.04. The van der Waals surface area contributed by atoms with Gasteiger partial charge in [-0.3, -0.25) is 0 Å². The number of hydrogen-bond donors (Lipinski definition) is 0. The molecule has 0 nitrogen and oxygen atoms in total. The summed E-state index contributed by atoms with van der Waals surface area (Å²) in [5, 5.41) is 0. The van der Waals surface area contributed by atoms with E-state index in [4.69, 9.17) is 6.92 Å². The van der Waals surface area contributed by atoms with Gasteiger partial charge in [0.05, 0.1) is 0 Å². The summed E-state index contributed by atoms with van der Waals surface area (Å²) in [6.07, 6.45) is 6.40. The summed E-state index contributed by atoms with van der Waals surface area (Å²) in [6.45, 7) is 11.6. The lowest BCUT2D eigenvalue weighted by molar-refractivity contribution is 0.967. The van der Waals surface area contributed by atoms with Crippen molar-refractivity contribution < 1.29 is 0 Å². The minimum Gasteiger partial charge on any atom is -0.0887 e. The SMILES string of the molecule is [CH]/C(C)=C/CC/C(C)=C/C. The molecular weight excluding hydrogens is 120 g/mol. The monoisotopic (exact) mass is 136 g/mol. The molecule has 0 rings (SSSR count). The van der Waals surface area contributed by atoms with Crippen LogP contribution in [0, 0.1) is 6.92 Å². The van der Waals surface area contributed by atoms with Crippen molar-refractivity contribution in [2.24, 2.45) is 0 Å². The quantitative estimate of drug-likeness (QED) is 0.522. The first kappa shape index (κ1) is 9.48. The fraction of sp³-hybridized carbons (Fsp3) is 0.500. The van der Waals surface area contributed by atoms with Crippen LogP contribution in [0.2, 0.25) is 0 Å². The van der Waals surface area contributed by atoms with Gasteiger partial charge in [-0.25, -0.2) is 0 Å². The second-order valence-electron chi connectivity index (χ2n) is 2.62. The van der Waals surface area contributed by atoms with Crippen molar-refractivity contribution in [3.63, 3.8) is 0 Å². The molecule has 10 heavy (non-hydrogen) atoms. The van der Waals surface area contributed by atoms with Crippen LogP contribution in [0.5, 0.6) is 0 Å². The maximum Gasteiger partial charge on any atom is -0.00630 e. The van der Waals surface area contributed by atoms with E-state index < -0.39 is 0 Å². The van der Waals surface area contributed by atoms with Gasteiger partial charge in [0, 0.05) is 0 Å². The zero-order chi connectivity index (χ0) is 7.98. The van der Waals surface area contributed by atoms with E-state index in [1.165, 1.54) is 5.57 Å². The fourth-order valence-electron chi connectivity index (χ4n) is 0.672. The Balaban J connectivity index is 3.47. The molecule has 0 unspecified atom stereocenters. The Morgan fingerprint density at radius 3 is 2.40 bits per heavy atom. The maximum absolute atomic E-state index is 5.46. The largest absolute Gasteiger partial charge is 0.0887 e. The van der Waals surface area contributed by atoms with Gasteiger partial charge in [-0.1, -0.05) is 23.3 Å². The van der Waals surface area contributed by atoms with Gasteiger partial charge >= 0.3 is 0 Å². The van der Waals surface area contributed by atoms with E-state index in [1.807, 2.05) is 6.92 Å². The molecule has 0 aromatic heterocycles. The molecule has 0 spiro atoms. The minimum atomic E-state index is 0.920. The predicted molar refractivity (Wildman–Crippen MR) is 46.7 cm³/mol. The molecular formula is C10H16. The van der Waals surface area contributed by atoms with Crippen molar-refractivity contribution >= 4 is 0 Å². The molecule has 0 amide bonds. The zero-order valence-electron chi connectivity index (χ0n) is 7.15. The van der Waals surface area contributed by atoms with Crippen molar-refractivity contribution in [1.82, 2.24) is 0 Å². The molecule has 2 radical (unpaired) electrons. The van der Waals surface area contributed by atoms with Crippen LogP contribution < -0.4 is 0 Å². The summed E-state index contributed by atoms with van der Waals surface area (Å²) >= 11 is 0. The van der Waals surface area contributed by atoms with Crippen LogP contribution in [0.15, 0.2) is 23.3 Å². The molecule has 0 heteroatoms. The van der Waals surface area contributed by atoms with E-state index in [9.17, 15) is 0 Å². The first-order valence-electron chi connectivity index (χ1n) is 3.71. The van der Waals surface area contributed by atoms with Crippen LogP contribution in [-0.2, 0) is 0 Å². The Labute approximate surface area is 64.6 Å². The standard InChI is InChI=1S/C10H16/c1-5-10(4)8-6-7-9(2)3/h2,5,7H,6,8H2,1,3-4H3/b9-7-,10-5+. The van der Waals surface area contributed by atoms with Gasteiger partial charge < -0.3 is 0 Å². The van der Waals surface area contributed by atoms with Gasteiger partial charge in [0.15, 0.2) is 0 Å². The summed E-state index contributed by atoms with van der Waals surface area (Å²) < 4.78 is 0. The molecule has 0 saturated carbocycles. The van der Waals surface area contributed by atoms with Crippen molar-refractivity contribution in [3.05, 3.63) is 30.2 Å². The highest BCUT2D eigenvalue weighted by atomic mass is 13.9. The van der Waals surface area contributed by atoms with E-state index in [0.717, 1.165) is 18.4 Å². The lowest BCUT2D eigenvalue weighted by Gasteiger charge is -1.95. The lowest BCUT2D eigenvalue weighted by Crippen LogP contribution is -1.74. The van der Waals surface area contributed by atoms with Gasteiger partial charge in [-0.2, -0.15) is 0 Å². The average molecular weight is 136 g/mol. The topological polar surface area (TPSA) is 0 Å². The Kier molecular flexibility index (Phi) is 5.00. The first-order chi connectivity index (χ1) is 4.66. The van der Waals surface area contributed by atoms with Crippen LogP contribution in [0.1, 0.15) is 33.6 Å². The third-order valence-electron chi connectivity index (χ3n) is 1.50. The second kappa shape index (κ2) is 5.28. The van der Waals surface area contributed by atoms with E-state index in [0.29, 0.717) is 0 Å². The normalized spacial score (nSPS) is 14.0. The molecule has 0 saturated heterocycles. The predicted octanol–water partition coefficient (Wildman–Crippen LogP) is 3.39. The van der Waals surface area contributed by atoms with Gasteiger partial charge in [0.1, 0.15) is 0 Å². The molecule has 0 aliphatic heterocycles. The van der Waals surface area contributed by atoms with Crippen molar-refractivity contribution in [1.29, 1.82) is 0 Å². The van der Waals surface area contributed by atoms with Crippen molar-refractivity contribution in [3.8, 4) is 0 Å². The summed E-state index contributed by atoms with van der Waals surface area (Å²) in [4.78, 5) is 0. The Bertz CT molecular complexity index is 134. The maximum atomic E-state index is 5.46. The highest BCUT2D eigenvalue weighted by Gasteiger charge is 1.84. The molecule has 0 N–H and O–H groups in total.